The summed E-state index contributed by atoms with van der Waals surface area (Å²) in [6.07, 6.45) is 4.91. The van der Waals surface area contributed by atoms with Gasteiger partial charge in [-0.05, 0) is 5.56 Å². The van der Waals surface area contributed by atoms with E-state index in [1.165, 1.54) is 0 Å². The number of amides is 2. The van der Waals surface area contributed by atoms with Gasteiger partial charge in [-0.15, -0.1) is 12.3 Å². The Kier molecular flexibility index (Phi) is 3.85. The SMILES string of the molecule is C#CCC(C(=O)O)N1C(=O)CC(c2ccccc2)C1=O. The molecule has 0 radical (unpaired) electrons. The van der Waals surface area contributed by atoms with Crippen molar-refractivity contribution in [1.29, 1.82) is 0 Å². The Morgan fingerprint density at radius 2 is 2.05 bits per heavy atom. The fourth-order valence-electron chi connectivity index (χ4n) is 2.32. The van der Waals surface area contributed by atoms with Crippen LogP contribution in [0.2, 0.25) is 0 Å². The first-order chi connectivity index (χ1) is 9.56. The van der Waals surface area contributed by atoms with Gasteiger partial charge in [0.05, 0.1) is 5.92 Å². The molecule has 1 saturated heterocycles. The minimum atomic E-state index is -1.28. The number of terminal acetylenes is 1. The molecule has 5 nitrogen and oxygen atoms in total. The standard InChI is InChI=1S/C15H13NO4/c1-2-6-12(15(19)20)16-13(17)9-11(14(16)18)10-7-4-3-5-8-10/h1,3-5,7-8,11-12H,6,9H2,(H,19,20). The molecule has 2 rings (SSSR count). The van der Waals surface area contributed by atoms with E-state index < -0.39 is 29.7 Å². The Bertz CT molecular complexity index is 588. The number of hydrogen-bond donors (Lipinski definition) is 1. The van der Waals surface area contributed by atoms with Gasteiger partial charge < -0.3 is 5.11 Å². The largest absolute Gasteiger partial charge is 0.480 e. The lowest BCUT2D eigenvalue weighted by Crippen LogP contribution is -2.44. The van der Waals surface area contributed by atoms with Gasteiger partial charge in [0, 0.05) is 12.8 Å². The summed E-state index contributed by atoms with van der Waals surface area (Å²) < 4.78 is 0. The fraction of sp³-hybridized carbons (Fsp3) is 0.267. The van der Waals surface area contributed by atoms with E-state index in [2.05, 4.69) is 5.92 Å². The van der Waals surface area contributed by atoms with Gasteiger partial charge in [0.1, 0.15) is 6.04 Å². The topological polar surface area (TPSA) is 74.7 Å². The molecule has 1 aliphatic rings. The maximum atomic E-state index is 12.3. The Morgan fingerprint density at radius 3 is 2.60 bits per heavy atom. The van der Waals surface area contributed by atoms with Crippen LogP contribution in [0, 0.1) is 12.3 Å². The maximum Gasteiger partial charge on any atom is 0.327 e. The molecule has 0 spiro atoms. The highest BCUT2D eigenvalue weighted by Crippen LogP contribution is 2.31. The highest BCUT2D eigenvalue weighted by molar-refractivity contribution is 6.08. The summed E-state index contributed by atoms with van der Waals surface area (Å²) in [5.74, 6) is -0.683. The summed E-state index contributed by atoms with van der Waals surface area (Å²) >= 11 is 0. The first kappa shape index (κ1) is 13.8. The second-order valence-corrected chi connectivity index (χ2v) is 4.53. The Morgan fingerprint density at radius 1 is 1.40 bits per heavy atom. The van der Waals surface area contributed by atoms with Crippen LogP contribution in [0.15, 0.2) is 30.3 Å². The van der Waals surface area contributed by atoms with E-state index in [4.69, 9.17) is 11.5 Å². The van der Waals surface area contributed by atoms with Crippen LogP contribution in [-0.2, 0) is 14.4 Å². The second kappa shape index (κ2) is 5.57. The number of carboxylic acid groups (broad SMARTS) is 1. The van der Waals surface area contributed by atoms with Crippen molar-refractivity contribution in [2.75, 3.05) is 0 Å². The lowest BCUT2D eigenvalue weighted by atomic mass is 9.98. The number of nitrogens with zero attached hydrogens (tertiary/aromatic N) is 1. The van der Waals surface area contributed by atoms with Crippen LogP contribution in [0.3, 0.4) is 0 Å². The van der Waals surface area contributed by atoms with Crippen LogP contribution in [0.1, 0.15) is 24.3 Å². The lowest BCUT2D eigenvalue weighted by molar-refractivity contribution is -0.154. The van der Waals surface area contributed by atoms with E-state index in [-0.39, 0.29) is 12.8 Å². The molecule has 102 valence electrons. The lowest BCUT2D eigenvalue weighted by Gasteiger charge is -2.21. The van der Waals surface area contributed by atoms with Gasteiger partial charge in [0.15, 0.2) is 0 Å². The Hall–Kier alpha value is -2.61. The molecule has 0 aliphatic carbocycles. The number of carbonyl (C=O) groups excluding carboxylic acids is 2. The summed E-state index contributed by atoms with van der Waals surface area (Å²) in [6, 6.07) is 7.55. The number of hydrogen-bond acceptors (Lipinski definition) is 3. The van der Waals surface area contributed by atoms with E-state index in [0.29, 0.717) is 5.56 Å². The third-order valence-electron chi connectivity index (χ3n) is 3.29. The molecule has 1 N–H and O–H groups in total. The molecule has 2 amide bonds. The van der Waals surface area contributed by atoms with Crippen molar-refractivity contribution >= 4 is 17.8 Å². The molecule has 1 aromatic carbocycles. The maximum absolute atomic E-state index is 12.3. The van der Waals surface area contributed by atoms with Gasteiger partial charge in [-0.25, -0.2) is 4.79 Å². The molecule has 0 aromatic heterocycles. The van der Waals surface area contributed by atoms with Crippen LogP contribution in [0.4, 0.5) is 0 Å². The average Bonchev–Trinajstić information content (AvgIpc) is 2.72. The number of carboxylic acids is 1. The zero-order valence-electron chi connectivity index (χ0n) is 10.7. The molecule has 1 aliphatic heterocycles. The van der Waals surface area contributed by atoms with Crippen LogP contribution in [0.5, 0.6) is 0 Å². The minimum absolute atomic E-state index is 0.0167. The number of imide groups is 1. The molecule has 0 bridgehead atoms. The molecule has 2 unspecified atom stereocenters. The molecule has 1 aromatic rings. The van der Waals surface area contributed by atoms with Gasteiger partial charge in [-0.3, -0.25) is 14.5 Å². The quantitative estimate of drug-likeness (QED) is 0.655. The summed E-state index contributed by atoms with van der Waals surface area (Å²) in [6.45, 7) is 0. The van der Waals surface area contributed by atoms with Gasteiger partial charge in [-0.2, -0.15) is 0 Å². The summed E-state index contributed by atoms with van der Waals surface area (Å²) in [4.78, 5) is 36.2. The first-order valence-electron chi connectivity index (χ1n) is 6.13. The summed E-state index contributed by atoms with van der Waals surface area (Å²) in [5, 5.41) is 9.12. The van der Waals surface area contributed by atoms with E-state index in [0.717, 1.165) is 4.90 Å². The van der Waals surface area contributed by atoms with Crippen LogP contribution in [0.25, 0.3) is 0 Å². The fourth-order valence-corrected chi connectivity index (χ4v) is 2.32. The molecular weight excluding hydrogens is 258 g/mol. The number of rotatable bonds is 4. The molecule has 0 saturated carbocycles. The van der Waals surface area contributed by atoms with Gasteiger partial charge in [0.2, 0.25) is 11.8 Å². The van der Waals surface area contributed by atoms with Crippen molar-refractivity contribution in [2.45, 2.75) is 24.8 Å². The van der Waals surface area contributed by atoms with E-state index >= 15 is 0 Å². The molecule has 5 heteroatoms. The zero-order valence-corrected chi connectivity index (χ0v) is 10.7. The van der Waals surface area contributed by atoms with Gasteiger partial charge >= 0.3 is 5.97 Å². The average molecular weight is 271 g/mol. The molecule has 1 heterocycles. The predicted molar refractivity (Wildman–Crippen MR) is 70.5 cm³/mol. The molecular formula is C15H13NO4. The zero-order chi connectivity index (χ0) is 14.7. The number of aliphatic carboxylic acids is 1. The predicted octanol–water partition coefficient (Wildman–Crippen LogP) is 1.01. The monoisotopic (exact) mass is 271 g/mol. The van der Waals surface area contributed by atoms with E-state index in [9.17, 15) is 14.4 Å². The third-order valence-corrected chi connectivity index (χ3v) is 3.29. The van der Waals surface area contributed by atoms with Crippen molar-refractivity contribution in [1.82, 2.24) is 4.90 Å². The van der Waals surface area contributed by atoms with Crippen molar-refractivity contribution in [3.8, 4) is 12.3 Å². The van der Waals surface area contributed by atoms with Crippen molar-refractivity contribution in [2.24, 2.45) is 0 Å². The van der Waals surface area contributed by atoms with Crippen molar-refractivity contribution in [3.63, 3.8) is 0 Å². The van der Waals surface area contributed by atoms with E-state index in [1.54, 1.807) is 30.3 Å². The second-order valence-electron chi connectivity index (χ2n) is 4.53. The van der Waals surface area contributed by atoms with Crippen molar-refractivity contribution in [3.05, 3.63) is 35.9 Å². The summed E-state index contributed by atoms with van der Waals surface area (Å²) in [5.41, 5.74) is 0.707. The normalized spacial score (nSPS) is 19.8. The van der Waals surface area contributed by atoms with Crippen LogP contribution >= 0.6 is 0 Å². The summed E-state index contributed by atoms with van der Waals surface area (Å²) in [7, 11) is 0. The third kappa shape index (κ3) is 2.41. The highest BCUT2D eigenvalue weighted by Gasteiger charge is 2.45. The number of likely N-dealkylation sites (tertiary alicyclic amines) is 1. The molecule has 1 fully saturated rings. The Balaban J connectivity index is 2.30. The smallest absolute Gasteiger partial charge is 0.327 e. The molecule has 2 atom stereocenters. The first-order valence-corrected chi connectivity index (χ1v) is 6.13. The van der Waals surface area contributed by atoms with Crippen LogP contribution < -0.4 is 0 Å². The number of carbonyl (C=O) groups is 3. The Labute approximate surface area is 116 Å². The van der Waals surface area contributed by atoms with Gasteiger partial charge in [0.25, 0.3) is 0 Å². The van der Waals surface area contributed by atoms with Crippen molar-refractivity contribution < 1.29 is 19.5 Å². The molecule has 20 heavy (non-hydrogen) atoms. The van der Waals surface area contributed by atoms with E-state index in [1.807, 2.05) is 0 Å². The van der Waals surface area contributed by atoms with Crippen LogP contribution in [-0.4, -0.2) is 33.8 Å². The van der Waals surface area contributed by atoms with Gasteiger partial charge in [-0.1, -0.05) is 30.3 Å². The number of benzene rings is 1. The minimum Gasteiger partial charge on any atom is -0.480 e. The highest BCUT2D eigenvalue weighted by atomic mass is 16.4.